The molecule has 3 aliphatic rings. The Morgan fingerprint density at radius 1 is 1.02 bits per heavy atom. The molecule has 1 saturated carbocycles. The van der Waals surface area contributed by atoms with Gasteiger partial charge in [-0.1, -0.05) is 24.6 Å². The Hall–Kier alpha value is -2.71. The van der Waals surface area contributed by atoms with Gasteiger partial charge in [-0.25, -0.2) is 13.1 Å². The zero-order valence-corrected chi connectivity index (χ0v) is 26.5. The fourth-order valence-corrected chi connectivity index (χ4v) is 8.08. The van der Waals surface area contributed by atoms with Crippen LogP contribution in [0.3, 0.4) is 0 Å². The number of nitrogens with zero attached hydrogens (tertiary/aromatic N) is 1. The van der Waals surface area contributed by atoms with E-state index in [-0.39, 0.29) is 5.92 Å². The molecule has 4 atom stereocenters. The number of allylic oxidation sites excluding steroid dienone is 1. The van der Waals surface area contributed by atoms with E-state index in [0.717, 1.165) is 80.7 Å². The Morgan fingerprint density at radius 2 is 1.86 bits per heavy atom. The Morgan fingerprint density at radius 3 is 2.62 bits per heavy atom. The molecule has 0 spiro atoms. The van der Waals surface area contributed by atoms with Crippen LogP contribution in [0.4, 0.5) is 5.69 Å². The molecule has 1 amide bonds. The minimum absolute atomic E-state index is 0.0988. The van der Waals surface area contributed by atoms with E-state index in [1.165, 1.54) is 11.1 Å². The summed E-state index contributed by atoms with van der Waals surface area (Å²) in [6.45, 7) is 5.65. The number of rotatable bonds is 1. The minimum Gasteiger partial charge on any atom is -0.504 e. The highest BCUT2D eigenvalue weighted by Gasteiger charge is 2.36. The van der Waals surface area contributed by atoms with Crippen LogP contribution in [0.2, 0.25) is 5.02 Å². The third-order valence-corrected chi connectivity index (χ3v) is 11.7. The van der Waals surface area contributed by atoms with Crippen molar-refractivity contribution in [2.45, 2.75) is 77.1 Å². The maximum Gasteiger partial charge on any atom is 0.264 e. The summed E-state index contributed by atoms with van der Waals surface area (Å²) in [6.07, 6.45) is 9.55. The molecule has 0 saturated heterocycles. The smallest absolute Gasteiger partial charge is 0.264 e. The predicted octanol–water partition coefficient (Wildman–Crippen LogP) is 6.89. The molecule has 2 aromatic rings. The van der Waals surface area contributed by atoms with E-state index in [2.05, 4.69) is 9.62 Å². The monoisotopic (exact) mass is 614 g/mol. The third kappa shape index (κ3) is 6.91. The Balaban J connectivity index is 1.54. The van der Waals surface area contributed by atoms with Crippen LogP contribution in [0.15, 0.2) is 48.2 Å². The van der Waals surface area contributed by atoms with Crippen molar-refractivity contribution in [1.82, 2.24) is 4.72 Å². The summed E-state index contributed by atoms with van der Waals surface area (Å²) < 4.78 is 40.8. The van der Waals surface area contributed by atoms with Crippen LogP contribution >= 0.6 is 11.6 Å². The average Bonchev–Trinajstić information content (AvgIpc) is 2.97. The zero-order chi connectivity index (χ0) is 29.9. The lowest BCUT2D eigenvalue weighted by molar-refractivity contribution is 0.0980. The normalized spacial score (nSPS) is 27.8. The molecule has 1 fully saturated rings. The quantitative estimate of drug-likeness (QED) is 0.352. The van der Waals surface area contributed by atoms with Crippen LogP contribution in [0.25, 0.3) is 0 Å². The molecule has 9 heteroatoms. The molecule has 7 nitrogen and oxygen atoms in total. The van der Waals surface area contributed by atoms with Gasteiger partial charge in [-0.15, -0.1) is 0 Å². The van der Waals surface area contributed by atoms with Crippen molar-refractivity contribution < 1.29 is 22.7 Å². The lowest BCUT2D eigenvalue weighted by Crippen LogP contribution is -2.41. The van der Waals surface area contributed by atoms with Gasteiger partial charge in [0, 0.05) is 23.7 Å². The average molecular weight is 615 g/mol. The number of benzene rings is 2. The summed E-state index contributed by atoms with van der Waals surface area (Å²) in [7, 11) is -2.16. The van der Waals surface area contributed by atoms with Crippen molar-refractivity contribution >= 4 is 33.2 Å². The van der Waals surface area contributed by atoms with E-state index in [9.17, 15) is 13.2 Å². The number of carbonyl (C=O) groups excluding carboxylic acids is 1. The van der Waals surface area contributed by atoms with Crippen molar-refractivity contribution in [2.75, 3.05) is 25.1 Å². The van der Waals surface area contributed by atoms with Crippen molar-refractivity contribution in [3.05, 3.63) is 69.9 Å². The highest BCUT2D eigenvalue weighted by atomic mass is 35.5. The fraction of sp³-hybridized carbons (Fsp3) is 0.545. The van der Waals surface area contributed by atoms with Crippen molar-refractivity contribution in [3.8, 4) is 5.75 Å². The van der Waals surface area contributed by atoms with E-state index in [1.807, 2.05) is 31.4 Å². The van der Waals surface area contributed by atoms with Gasteiger partial charge < -0.3 is 14.4 Å². The number of fused-ring (bicyclic) bond motifs is 3. The number of hydrogen-bond donors (Lipinski definition) is 1. The van der Waals surface area contributed by atoms with Gasteiger partial charge in [-0.3, -0.25) is 4.79 Å². The van der Waals surface area contributed by atoms with Crippen LogP contribution < -0.4 is 14.4 Å². The second kappa shape index (κ2) is 13.3. The van der Waals surface area contributed by atoms with Gasteiger partial charge in [-0.05, 0) is 123 Å². The zero-order valence-electron chi connectivity index (χ0n) is 24.9. The first-order valence-corrected chi connectivity index (χ1v) is 17.2. The van der Waals surface area contributed by atoms with Gasteiger partial charge in [0.15, 0.2) is 0 Å². The summed E-state index contributed by atoms with van der Waals surface area (Å²) in [5, 5.41) is 0.0225. The Bertz CT molecular complexity index is 1430. The topological polar surface area (TPSA) is 84.9 Å². The van der Waals surface area contributed by atoms with E-state index in [4.69, 9.17) is 21.1 Å². The molecule has 2 aliphatic heterocycles. The Labute approximate surface area is 255 Å². The maximum atomic E-state index is 13.3. The lowest BCUT2D eigenvalue weighted by atomic mass is 9.68. The van der Waals surface area contributed by atoms with Crippen molar-refractivity contribution in [3.63, 3.8) is 0 Å². The first-order valence-electron chi connectivity index (χ1n) is 15.2. The van der Waals surface area contributed by atoms with Crippen molar-refractivity contribution in [2.24, 2.45) is 17.8 Å². The number of methoxy groups -OCH3 is 1. The summed E-state index contributed by atoms with van der Waals surface area (Å²) in [5.74, 6) is 0.865. The van der Waals surface area contributed by atoms with Crippen LogP contribution in [-0.2, 0) is 27.8 Å². The molecule has 0 unspecified atom stereocenters. The van der Waals surface area contributed by atoms with Gasteiger partial charge in [-0.2, -0.15) is 0 Å². The summed E-state index contributed by atoms with van der Waals surface area (Å²) in [6, 6.07) is 11.2. The second-order valence-electron chi connectivity index (χ2n) is 12.2. The second-order valence-corrected chi connectivity index (χ2v) is 14.7. The number of anilines is 1. The van der Waals surface area contributed by atoms with Gasteiger partial charge in [0.05, 0.1) is 24.3 Å². The fourth-order valence-electron chi connectivity index (χ4n) is 6.57. The van der Waals surface area contributed by atoms with Crippen molar-refractivity contribution in [1.29, 1.82) is 0 Å². The van der Waals surface area contributed by atoms with E-state index in [1.54, 1.807) is 32.2 Å². The molecule has 42 heavy (non-hydrogen) atoms. The number of halogens is 1. The van der Waals surface area contributed by atoms with E-state index >= 15 is 0 Å². The minimum atomic E-state index is -3.86. The summed E-state index contributed by atoms with van der Waals surface area (Å²) in [4.78, 5) is 15.7. The molecule has 1 N–H and O–H groups in total. The third-order valence-electron chi connectivity index (χ3n) is 9.51. The number of carbonyl (C=O) groups is 1. The standard InChI is InChI=1S/C33H43ClN2O5S/c1-22-7-6-9-28(20-40-3)30-14-11-26(30)19-36-16-5-4-8-24-17-29(34)13-10-27(24)21-41-32-15-12-25(18-31(32)36)33(37)35-42(38,39)23(22)2/h10,12-13,15,17-18,20,22-23,26,30H,4-9,11,14,16,19,21H2,1-3H3,(H,35,37)/b28-20+/t22-,23+,26-,30+/m0/s1. The molecule has 228 valence electrons. The molecule has 2 bridgehead atoms. The number of nitrogens with one attached hydrogen (secondary N) is 1. The maximum absolute atomic E-state index is 13.3. The van der Waals surface area contributed by atoms with Gasteiger partial charge in [0.1, 0.15) is 12.4 Å². The van der Waals surface area contributed by atoms with Gasteiger partial charge in [0.25, 0.3) is 5.91 Å². The number of ether oxygens (including phenoxy) is 2. The largest absolute Gasteiger partial charge is 0.504 e. The predicted molar refractivity (Wildman–Crippen MR) is 168 cm³/mol. The summed E-state index contributed by atoms with van der Waals surface area (Å²) >= 11 is 6.32. The molecule has 1 aliphatic carbocycles. The summed E-state index contributed by atoms with van der Waals surface area (Å²) in [5.41, 5.74) is 4.74. The van der Waals surface area contributed by atoms with Crippen LogP contribution in [0, 0.1) is 17.8 Å². The highest BCUT2D eigenvalue weighted by Crippen LogP contribution is 2.44. The van der Waals surface area contributed by atoms with Gasteiger partial charge in [0.2, 0.25) is 10.0 Å². The van der Waals surface area contributed by atoms with Crippen LogP contribution in [0.5, 0.6) is 5.75 Å². The highest BCUT2D eigenvalue weighted by molar-refractivity contribution is 7.90. The SMILES string of the molecule is CO/C=C1\CCC[C@H](C)[C@@H](C)S(=O)(=O)NC(=O)c2ccc3c(c2)N(CCCCc2cc(Cl)ccc2CO3)C[C@@H]2CC[C@@H]12. The molecule has 2 aromatic carbocycles. The number of sulfonamides is 1. The van der Waals surface area contributed by atoms with Gasteiger partial charge >= 0.3 is 0 Å². The molecule has 0 aromatic heterocycles. The Kier molecular flexibility index (Phi) is 9.73. The first kappa shape index (κ1) is 30.7. The first-order chi connectivity index (χ1) is 20.2. The molecular weight excluding hydrogens is 572 g/mol. The number of amides is 1. The molecule has 2 heterocycles. The van der Waals surface area contributed by atoms with Crippen LogP contribution in [0.1, 0.15) is 80.3 Å². The molecular formula is C33H43ClN2O5S. The van der Waals surface area contributed by atoms with E-state index < -0.39 is 21.2 Å². The molecule has 0 radical (unpaired) electrons. The van der Waals surface area contributed by atoms with E-state index in [0.29, 0.717) is 29.8 Å². The lowest BCUT2D eigenvalue weighted by Gasteiger charge is -2.42. The number of hydrogen-bond acceptors (Lipinski definition) is 6. The molecule has 5 rings (SSSR count). The number of aryl methyl sites for hydroxylation is 1. The van der Waals surface area contributed by atoms with Crippen LogP contribution in [-0.4, -0.2) is 39.8 Å².